The van der Waals surface area contributed by atoms with E-state index in [4.69, 9.17) is 22.7 Å². The van der Waals surface area contributed by atoms with Crippen molar-refractivity contribution in [2.45, 2.75) is 6.54 Å². The molecule has 0 aliphatic heterocycles. The monoisotopic (exact) mass is 252 g/mol. The van der Waals surface area contributed by atoms with Crippen molar-refractivity contribution in [3.63, 3.8) is 0 Å². The van der Waals surface area contributed by atoms with Gasteiger partial charge in [0.25, 0.3) is 0 Å². The van der Waals surface area contributed by atoms with Crippen LogP contribution in [0, 0.1) is 4.77 Å². The van der Waals surface area contributed by atoms with Gasteiger partial charge in [-0.3, -0.25) is 9.78 Å². The van der Waals surface area contributed by atoms with Gasteiger partial charge in [-0.1, -0.05) is 0 Å². The lowest BCUT2D eigenvalue weighted by atomic mass is 10.4. The highest BCUT2D eigenvalue weighted by atomic mass is 32.1. The van der Waals surface area contributed by atoms with E-state index in [1.54, 1.807) is 12.4 Å². The van der Waals surface area contributed by atoms with Crippen LogP contribution in [0.15, 0.2) is 18.5 Å². The molecule has 0 aromatic carbocycles. The van der Waals surface area contributed by atoms with E-state index in [-0.39, 0.29) is 6.61 Å². The average molecular weight is 252 g/mol. The molecule has 2 aromatic rings. The van der Waals surface area contributed by atoms with Crippen molar-refractivity contribution >= 4 is 29.2 Å². The lowest BCUT2D eigenvalue weighted by molar-refractivity contribution is -0.122. The third-order valence-corrected chi connectivity index (χ3v) is 2.60. The van der Waals surface area contributed by atoms with Gasteiger partial charge in [0.2, 0.25) is 5.91 Å². The van der Waals surface area contributed by atoms with Crippen LogP contribution < -0.4 is 5.73 Å². The Kier molecular flexibility index (Phi) is 3.50. The minimum absolute atomic E-state index is 0.0722. The Hall–Kier alpha value is -1.73. The second kappa shape index (κ2) is 5.07. The first kappa shape index (κ1) is 11.7. The van der Waals surface area contributed by atoms with Crippen LogP contribution in [0.4, 0.5) is 0 Å². The molecular formula is C10H12N4O2S. The van der Waals surface area contributed by atoms with Crippen LogP contribution in [0.3, 0.4) is 0 Å². The average Bonchev–Trinajstić information content (AvgIpc) is 2.60. The Morgan fingerprint density at radius 2 is 2.47 bits per heavy atom. The Bertz CT molecular complexity index is 589. The highest BCUT2D eigenvalue weighted by Crippen LogP contribution is 2.11. The predicted molar refractivity (Wildman–Crippen MR) is 64.9 cm³/mol. The Morgan fingerprint density at radius 1 is 1.65 bits per heavy atom. The Balaban J connectivity index is 2.10. The second-order valence-electron chi connectivity index (χ2n) is 3.49. The topological polar surface area (TPSA) is 85.9 Å². The quantitative estimate of drug-likeness (QED) is 0.602. The van der Waals surface area contributed by atoms with Crippen molar-refractivity contribution in [2.75, 3.05) is 13.2 Å². The van der Waals surface area contributed by atoms with E-state index in [1.165, 1.54) is 0 Å². The van der Waals surface area contributed by atoms with Crippen molar-refractivity contribution in [2.24, 2.45) is 5.73 Å². The molecule has 3 N–H and O–H groups in total. The number of nitrogens with one attached hydrogen (secondary N) is 1. The molecule has 0 unspecified atom stereocenters. The zero-order valence-electron chi connectivity index (χ0n) is 9.05. The number of aromatic amines is 1. The zero-order chi connectivity index (χ0) is 12.3. The third-order valence-electron chi connectivity index (χ3n) is 2.28. The van der Waals surface area contributed by atoms with Crippen LogP contribution >= 0.6 is 12.2 Å². The summed E-state index contributed by atoms with van der Waals surface area (Å²) in [6.07, 6.45) is 3.41. The molecule has 0 atom stereocenters. The smallest absolute Gasteiger partial charge is 0.243 e. The van der Waals surface area contributed by atoms with Crippen molar-refractivity contribution in [3.05, 3.63) is 23.2 Å². The number of primary amides is 1. The number of ether oxygens (including phenoxy) is 1. The number of nitrogens with two attached hydrogens (primary N) is 1. The number of fused-ring (bicyclic) bond motifs is 1. The van der Waals surface area contributed by atoms with E-state index in [0.29, 0.717) is 17.9 Å². The minimum Gasteiger partial charge on any atom is -0.370 e. The van der Waals surface area contributed by atoms with Crippen LogP contribution in [0.2, 0.25) is 0 Å². The molecule has 6 nitrogen and oxygen atoms in total. The Labute approximate surface area is 102 Å². The number of hydrogen-bond acceptors (Lipinski definition) is 4. The summed E-state index contributed by atoms with van der Waals surface area (Å²) in [5.41, 5.74) is 6.81. The maximum Gasteiger partial charge on any atom is 0.243 e. The zero-order valence-corrected chi connectivity index (χ0v) is 9.87. The Morgan fingerprint density at radius 3 is 3.24 bits per heavy atom. The van der Waals surface area contributed by atoms with Crippen LogP contribution in [0.1, 0.15) is 0 Å². The van der Waals surface area contributed by atoms with E-state index < -0.39 is 5.91 Å². The van der Waals surface area contributed by atoms with Gasteiger partial charge in [0.15, 0.2) is 4.77 Å². The number of imidazole rings is 1. The number of aromatic nitrogens is 3. The maximum atomic E-state index is 10.5. The maximum absolute atomic E-state index is 10.5. The highest BCUT2D eigenvalue weighted by molar-refractivity contribution is 7.71. The molecule has 17 heavy (non-hydrogen) atoms. The fraction of sp³-hybridized carbons (Fsp3) is 0.300. The lowest BCUT2D eigenvalue weighted by Crippen LogP contribution is -2.19. The summed E-state index contributed by atoms with van der Waals surface area (Å²) in [5, 5.41) is 0. The van der Waals surface area contributed by atoms with Crippen LogP contribution in [0.5, 0.6) is 0 Å². The number of carbonyl (C=O) groups is 1. The molecule has 2 rings (SSSR count). The number of pyridine rings is 1. The molecule has 7 heteroatoms. The molecule has 0 saturated carbocycles. The summed E-state index contributed by atoms with van der Waals surface area (Å²) in [4.78, 5) is 17.5. The number of rotatable bonds is 5. The number of amides is 1. The van der Waals surface area contributed by atoms with Gasteiger partial charge in [0, 0.05) is 12.7 Å². The predicted octanol–water partition coefficient (Wildman–Crippen LogP) is 0.596. The standard InChI is InChI=1S/C10H12N4O2S/c11-9(15)6-16-4-3-14-8-1-2-12-5-7(8)13-10(14)17/h1-2,5H,3-4,6H2,(H2,11,15)(H,13,17). The van der Waals surface area contributed by atoms with Crippen molar-refractivity contribution in [1.29, 1.82) is 0 Å². The summed E-state index contributed by atoms with van der Waals surface area (Å²) >= 11 is 5.19. The van der Waals surface area contributed by atoms with Gasteiger partial charge >= 0.3 is 0 Å². The number of carbonyl (C=O) groups excluding carboxylic acids is 1. The van der Waals surface area contributed by atoms with Gasteiger partial charge in [-0.05, 0) is 18.3 Å². The van der Waals surface area contributed by atoms with Gasteiger partial charge in [-0.25, -0.2) is 0 Å². The highest BCUT2D eigenvalue weighted by Gasteiger charge is 2.03. The molecule has 0 aliphatic rings. The molecule has 2 aromatic heterocycles. The largest absolute Gasteiger partial charge is 0.370 e. The molecule has 0 radical (unpaired) electrons. The molecule has 0 bridgehead atoms. The van der Waals surface area contributed by atoms with Crippen LogP contribution in [0.25, 0.3) is 11.0 Å². The number of hydrogen-bond donors (Lipinski definition) is 2. The molecule has 2 heterocycles. The minimum atomic E-state index is -0.475. The number of H-pyrrole nitrogens is 1. The van der Waals surface area contributed by atoms with Crippen LogP contribution in [-0.2, 0) is 16.1 Å². The first-order valence-corrected chi connectivity index (χ1v) is 5.48. The van der Waals surface area contributed by atoms with Gasteiger partial charge in [-0.2, -0.15) is 0 Å². The molecule has 1 amide bonds. The number of nitrogens with zero attached hydrogens (tertiary/aromatic N) is 2. The molecule has 0 aliphatic carbocycles. The first-order valence-electron chi connectivity index (χ1n) is 5.07. The fourth-order valence-electron chi connectivity index (χ4n) is 1.56. The summed E-state index contributed by atoms with van der Waals surface area (Å²) in [7, 11) is 0. The molecule has 0 fully saturated rings. The SMILES string of the molecule is NC(=O)COCCn1c(=S)[nH]c2cnccc21. The molecular weight excluding hydrogens is 240 g/mol. The van der Waals surface area contributed by atoms with Crippen molar-refractivity contribution in [1.82, 2.24) is 14.5 Å². The summed E-state index contributed by atoms with van der Waals surface area (Å²) in [6, 6.07) is 1.87. The first-order chi connectivity index (χ1) is 8.18. The normalized spacial score (nSPS) is 10.8. The summed E-state index contributed by atoms with van der Waals surface area (Å²) in [6.45, 7) is 0.875. The van der Waals surface area contributed by atoms with Gasteiger partial charge in [0.05, 0.1) is 23.8 Å². The molecule has 0 saturated heterocycles. The van der Waals surface area contributed by atoms with E-state index in [1.807, 2.05) is 10.6 Å². The third kappa shape index (κ3) is 2.69. The van der Waals surface area contributed by atoms with E-state index >= 15 is 0 Å². The van der Waals surface area contributed by atoms with Crippen LogP contribution in [-0.4, -0.2) is 33.7 Å². The fourth-order valence-corrected chi connectivity index (χ4v) is 1.86. The van der Waals surface area contributed by atoms with Gasteiger partial charge in [-0.15, -0.1) is 0 Å². The molecule has 90 valence electrons. The second-order valence-corrected chi connectivity index (χ2v) is 3.88. The van der Waals surface area contributed by atoms with Gasteiger partial charge < -0.3 is 20.0 Å². The van der Waals surface area contributed by atoms with Gasteiger partial charge in [0.1, 0.15) is 6.61 Å². The van der Waals surface area contributed by atoms with Crippen molar-refractivity contribution < 1.29 is 9.53 Å². The lowest BCUT2D eigenvalue weighted by Gasteiger charge is -2.04. The summed E-state index contributed by atoms with van der Waals surface area (Å²) in [5.74, 6) is -0.475. The van der Waals surface area contributed by atoms with E-state index in [0.717, 1.165) is 11.0 Å². The van der Waals surface area contributed by atoms with E-state index in [2.05, 4.69) is 9.97 Å². The summed E-state index contributed by atoms with van der Waals surface area (Å²) < 4.78 is 7.60. The van der Waals surface area contributed by atoms with Crippen molar-refractivity contribution in [3.8, 4) is 0 Å². The molecule has 0 spiro atoms. The van der Waals surface area contributed by atoms with E-state index in [9.17, 15) is 4.79 Å².